The van der Waals surface area contributed by atoms with Gasteiger partial charge in [-0.2, -0.15) is 18.3 Å². The van der Waals surface area contributed by atoms with E-state index in [1.807, 2.05) is 30.3 Å². The van der Waals surface area contributed by atoms with Crippen LogP contribution >= 0.6 is 0 Å². The van der Waals surface area contributed by atoms with Gasteiger partial charge < -0.3 is 9.84 Å². The molecule has 1 heterocycles. The Kier molecular flexibility index (Phi) is 4.41. The molecule has 0 bridgehead atoms. The number of rotatable bonds is 3. The molecule has 0 amide bonds. The summed E-state index contributed by atoms with van der Waals surface area (Å²) in [7, 11) is 1.43. The van der Waals surface area contributed by atoms with Crippen LogP contribution in [0.4, 0.5) is 17.6 Å². The maximum absolute atomic E-state index is 14.0. The van der Waals surface area contributed by atoms with Crippen molar-refractivity contribution in [2.75, 3.05) is 7.11 Å². The van der Waals surface area contributed by atoms with Crippen molar-refractivity contribution < 1.29 is 27.4 Å². The fourth-order valence-corrected chi connectivity index (χ4v) is 3.26. The number of phenols is 1. The van der Waals surface area contributed by atoms with Crippen molar-refractivity contribution in [3.63, 3.8) is 0 Å². The Morgan fingerprint density at radius 3 is 2.38 bits per heavy atom. The second-order valence-corrected chi connectivity index (χ2v) is 6.32. The average Bonchev–Trinajstić information content (AvgIpc) is 3.10. The topological polar surface area (TPSA) is 47.3 Å². The van der Waals surface area contributed by atoms with E-state index < -0.39 is 28.7 Å². The van der Waals surface area contributed by atoms with E-state index in [4.69, 9.17) is 4.74 Å². The van der Waals surface area contributed by atoms with Gasteiger partial charge in [0.05, 0.1) is 18.8 Å². The Morgan fingerprint density at radius 2 is 1.72 bits per heavy atom. The number of hydrogen-bond acceptors (Lipinski definition) is 3. The molecule has 0 saturated carbocycles. The highest BCUT2D eigenvalue weighted by atomic mass is 19.4. The summed E-state index contributed by atoms with van der Waals surface area (Å²) in [6.45, 7) is 0. The number of aromatic nitrogens is 2. The third-order valence-electron chi connectivity index (χ3n) is 4.59. The van der Waals surface area contributed by atoms with E-state index in [1.54, 1.807) is 18.2 Å². The van der Waals surface area contributed by atoms with Gasteiger partial charge in [0, 0.05) is 11.5 Å². The van der Waals surface area contributed by atoms with Gasteiger partial charge in [0.2, 0.25) is 0 Å². The molecule has 4 aromatic rings. The summed E-state index contributed by atoms with van der Waals surface area (Å²) in [5, 5.41) is 13.3. The fraction of sp³-hybridized carbons (Fsp3) is 0.0952. The first kappa shape index (κ1) is 18.8. The fourth-order valence-electron chi connectivity index (χ4n) is 3.26. The summed E-state index contributed by atoms with van der Waals surface area (Å²) in [5.41, 5.74) is 0.469. The number of hydrogen-bond donors (Lipinski definition) is 1. The molecule has 0 aliphatic rings. The zero-order chi connectivity index (χ0) is 20.8. The Bertz CT molecular complexity index is 1200. The predicted molar refractivity (Wildman–Crippen MR) is 99.7 cm³/mol. The van der Waals surface area contributed by atoms with E-state index in [0.29, 0.717) is 11.4 Å². The third-order valence-corrected chi connectivity index (χ3v) is 4.59. The van der Waals surface area contributed by atoms with Gasteiger partial charge in [-0.05, 0) is 23.3 Å². The lowest BCUT2D eigenvalue weighted by Crippen LogP contribution is -2.09. The Labute approximate surface area is 162 Å². The van der Waals surface area contributed by atoms with Crippen molar-refractivity contribution in [2.45, 2.75) is 6.18 Å². The van der Waals surface area contributed by atoms with Crippen molar-refractivity contribution in [1.82, 2.24) is 9.78 Å². The van der Waals surface area contributed by atoms with Crippen LogP contribution in [0, 0.1) is 5.82 Å². The maximum Gasteiger partial charge on any atom is 0.420 e. The molecule has 0 aliphatic heterocycles. The van der Waals surface area contributed by atoms with Crippen LogP contribution in [0.3, 0.4) is 0 Å². The predicted octanol–water partition coefficient (Wildman–Crippen LogP) is 5.56. The molecule has 0 fully saturated rings. The van der Waals surface area contributed by atoms with Crippen LogP contribution in [0.2, 0.25) is 0 Å². The number of alkyl halides is 3. The second-order valence-electron chi connectivity index (χ2n) is 6.32. The number of fused-ring (bicyclic) bond motifs is 1. The number of nitrogens with zero attached hydrogens (tertiary/aromatic N) is 2. The molecule has 4 rings (SSSR count). The van der Waals surface area contributed by atoms with Crippen LogP contribution in [0.15, 0.2) is 60.8 Å². The number of aromatic hydroxyl groups is 1. The molecule has 0 unspecified atom stereocenters. The number of ether oxygens (including phenoxy) is 1. The molecule has 0 atom stereocenters. The van der Waals surface area contributed by atoms with Gasteiger partial charge in [-0.1, -0.05) is 36.4 Å². The minimum atomic E-state index is -4.99. The lowest BCUT2D eigenvalue weighted by atomic mass is 10.0. The van der Waals surface area contributed by atoms with Crippen LogP contribution in [-0.2, 0) is 6.18 Å². The molecular weight excluding hydrogens is 388 g/mol. The smallest absolute Gasteiger partial charge is 0.420 e. The number of methoxy groups -OCH3 is 1. The highest BCUT2D eigenvalue weighted by Crippen LogP contribution is 2.41. The van der Waals surface area contributed by atoms with E-state index in [2.05, 4.69) is 5.10 Å². The molecule has 1 aromatic heterocycles. The van der Waals surface area contributed by atoms with Gasteiger partial charge in [0.15, 0.2) is 11.6 Å². The van der Waals surface area contributed by atoms with Crippen molar-refractivity contribution in [1.29, 1.82) is 0 Å². The van der Waals surface area contributed by atoms with Gasteiger partial charge in [-0.3, -0.25) is 0 Å². The molecule has 4 nitrogen and oxygen atoms in total. The van der Waals surface area contributed by atoms with Crippen molar-refractivity contribution in [2.24, 2.45) is 0 Å². The molecule has 8 heteroatoms. The monoisotopic (exact) mass is 402 g/mol. The van der Waals surface area contributed by atoms with Crippen LogP contribution < -0.4 is 4.74 Å². The van der Waals surface area contributed by atoms with E-state index in [9.17, 15) is 22.7 Å². The highest BCUT2D eigenvalue weighted by molar-refractivity contribution is 5.86. The molecule has 0 aliphatic carbocycles. The molecule has 29 heavy (non-hydrogen) atoms. The summed E-state index contributed by atoms with van der Waals surface area (Å²) in [5.74, 6) is -2.48. The van der Waals surface area contributed by atoms with Crippen molar-refractivity contribution in [3.05, 3.63) is 72.2 Å². The number of halogens is 4. The standard InChI is InChI=1S/C21H14F4N2O2/c1-29-18-9-13(12-5-3-2-4-6-12)7-8-15(18)27-16-10-17(28)20(22)19(21(23,24)25)14(16)11-26-27/h2-11,28H,1H3. The average molecular weight is 402 g/mol. The minimum absolute atomic E-state index is 0.0954. The van der Waals surface area contributed by atoms with Crippen LogP contribution in [0.25, 0.3) is 27.7 Å². The molecular formula is C21H14F4N2O2. The van der Waals surface area contributed by atoms with E-state index >= 15 is 0 Å². The summed E-state index contributed by atoms with van der Waals surface area (Å²) in [6, 6.07) is 15.5. The van der Waals surface area contributed by atoms with Crippen LogP contribution in [-0.4, -0.2) is 22.0 Å². The van der Waals surface area contributed by atoms with E-state index in [-0.39, 0.29) is 5.52 Å². The zero-order valence-corrected chi connectivity index (χ0v) is 15.0. The Hall–Kier alpha value is -3.55. The van der Waals surface area contributed by atoms with E-state index in [0.717, 1.165) is 23.4 Å². The minimum Gasteiger partial charge on any atom is -0.505 e. The molecule has 148 valence electrons. The zero-order valence-electron chi connectivity index (χ0n) is 15.0. The first-order valence-electron chi connectivity index (χ1n) is 8.51. The largest absolute Gasteiger partial charge is 0.505 e. The van der Waals surface area contributed by atoms with Gasteiger partial charge >= 0.3 is 6.18 Å². The van der Waals surface area contributed by atoms with Crippen LogP contribution in [0.1, 0.15) is 5.56 Å². The SMILES string of the molecule is COc1cc(-c2ccccc2)ccc1-n1ncc2c(C(F)(F)F)c(F)c(O)cc21. The van der Waals surface area contributed by atoms with Gasteiger partial charge in [-0.15, -0.1) is 0 Å². The van der Waals surface area contributed by atoms with Crippen molar-refractivity contribution in [3.8, 4) is 28.3 Å². The maximum atomic E-state index is 14.0. The Morgan fingerprint density at radius 1 is 1.00 bits per heavy atom. The summed E-state index contributed by atoms with van der Waals surface area (Å²) >= 11 is 0. The van der Waals surface area contributed by atoms with Crippen molar-refractivity contribution >= 4 is 10.9 Å². The lowest BCUT2D eigenvalue weighted by molar-refractivity contribution is -0.138. The second kappa shape index (κ2) is 6.80. The van der Waals surface area contributed by atoms with E-state index in [1.165, 1.54) is 11.8 Å². The summed E-state index contributed by atoms with van der Waals surface area (Å²) in [4.78, 5) is 0. The normalized spacial score (nSPS) is 11.8. The summed E-state index contributed by atoms with van der Waals surface area (Å²) < 4.78 is 60.6. The number of benzene rings is 3. The Balaban J connectivity index is 1.93. The molecule has 0 saturated heterocycles. The third kappa shape index (κ3) is 3.16. The first-order valence-corrected chi connectivity index (χ1v) is 8.51. The van der Waals surface area contributed by atoms with Gasteiger partial charge in [0.1, 0.15) is 17.0 Å². The lowest BCUT2D eigenvalue weighted by Gasteiger charge is -2.14. The summed E-state index contributed by atoms with van der Waals surface area (Å²) in [6.07, 6.45) is -4.07. The molecule has 1 N–H and O–H groups in total. The quantitative estimate of drug-likeness (QED) is 0.456. The highest BCUT2D eigenvalue weighted by Gasteiger charge is 2.38. The molecule has 0 spiro atoms. The van der Waals surface area contributed by atoms with Gasteiger partial charge in [0.25, 0.3) is 0 Å². The van der Waals surface area contributed by atoms with Crippen LogP contribution in [0.5, 0.6) is 11.5 Å². The first-order chi connectivity index (χ1) is 13.8. The van der Waals surface area contributed by atoms with Gasteiger partial charge in [-0.25, -0.2) is 9.07 Å². The molecule has 0 radical (unpaired) electrons. The number of phenolic OH excluding ortho intramolecular Hbond substituents is 1. The molecule has 3 aromatic carbocycles.